The van der Waals surface area contributed by atoms with Crippen LogP contribution in [0, 0.1) is 6.92 Å². The molecule has 2 heteroatoms. The largest absolute Gasteiger partial charge is 0.282 e. The molecule has 2 nitrogen and oxygen atoms in total. The van der Waals surface area contributed by atoms with Crippen molar-refractivity contribution in [2.24, 2.45) is 0 Å². The summed E-state index contributed by atoms with van der Waals surface area (Å²) < 4.78 is 0. The molecule has 1 aromatic heterocycles. The Morgan fingerprint density at radius 3 is 2.09 bits per heavy atom. The highest BCUT2D eigenvalue weighted by molar-refractivity contribution is 5.65. The highest BCUT2D eigenvalue weighted by Gasteiger charge is 2.11. The summed E-state index contributed by atoms with van der Waals surface area (Å²) in [5.41, 5.74) is 9.09. The molecule has 110 valence electrons. The van der Waals surface area contributed by atoms with E-state index in [2.05, 4.69) is 65.7 Å². The lowest BCUT2D eigenvalue weighted by atomic mass is 9.92. The fourth-order valence-electron chi connectivity index (χ4n) is 3.23. The maximum Gasteiger partial charge on any atom is 0.0926 e. The molecule has 1 heterocycles. The van der Waals surface area contributed by atoms with E-state index in [-0.39, 0.29) is 0 Å². The molecule has 0 fully saturated rings. The standard InChI is InChI=1S/C20H20N2/c1-14-12-20(22-21-14)19-13-17-7-6-15-2-4-16(5-3-15)8-10-18(19)11-9-17/h2-5,9,11-13H,6-8,10H2,1H3,(H,21,22). The SMILES string of the molecule is Cc1cc(-c2cc3ccc2CCc2ccc(cc2)CC3)n[nH]1. The molecule has 4 aliphatic carbocycles. The minimum Gasteiger partial charge on any atom is -0.282 e. The second kappa shape index (κ2) is 5.45. The van der Waals surface area contributed by atoms with Crippen molar-refractivity contribution in [1.29, 1.82) is 0 Å². The second-order valence-electron chi connectivity index (χ2n) is 6.24. The van der Waals surface area contributed by atoms with Gasteiger partial charge in [0.05, 0.1) is 5.69 Å². The molecule has 0 saturated carbocycles. The van der Waals surface area contributed by atoms with Gasteiger partial charge in [-0.3, -0.25) is 5.10 Å². The maximum absolute atomic E-state index is 4.47. The van der Waals surface area contributed by atoms with Crippen molar-refractivity contribution in [2.45, 2.75) is 32.6 Å². The molecule has 2 aromatic carbocycles. The van der Waals surface area contributed by atoms with Gasteiger partial charge < -0.3 is 0 Å². The van der Waals surface area contributed by atoms with Gasteiger partial charge in [0.2, 0.25) is 0 Å². The van der Waals surface area contributed by atoms with Gasteiger partial charge in [-0.1, -0.05) is 36.4 Å². The van der Waals surface area contributed by atoms with Gasteiger partial charge in [-0.2, -0.15) is 5.10 Å². The van der Waals surface area contributed by atoms with Crippen LogP contribution in [-0.4, -0.2) is 10.2 Å². The minimum atomic E-state index is 1.06. The van der Waals surface area contributed by atoms with Crippen molar-refractivity contribution < 1.29 is 0 Å². The summed E-state index contributed by atoms with van der Waals surface area (Å²) >= 11 is 0. The Balaban J connectivity index is 1.78. The van der Waals surface area contributed by atoms with Crippen LogP contribution in [0.4, 0.5) is 0 Å². The average Bonchev–Trinajstić information content (AvgIpc) is 2.96. The molecule has 0 radical (unpaired) electrons. The van der Waals surface area contributed by atoms with Crippen molar-refractivity contribution in [2.75, 3.05) is 0 Å². The zero-order chi connectivity index (χ0) is 14.9. The van der Waals surface area contributed by atoms with E-state index in [1.807, 2.05) is 0 Å². The van der Waals surface area contributed by atoms with E-state index in [0.717, 1.165) is 37.1 Å². The van der Waals surface area contributed by atoms with Crippen LogP contribution < -0.4 is 0 Å². The molecule has 0 aliphatic heterocycles. The predicted octanol–water partition coefficient (Wildman–Crippen LogP) is 4.27. The van der Waals surface area contributed by atoms with Crippen LogP contribution in [0.1, 0.15) is 27.9 Å². The number of aromatic nitrogens is 2. The smallest absolute Gasteiger partial charge is 0.0926 e. The summed E-state index contributed by atoms with van der Waals surface area (Å²) in [5.74, 6) is 0. The fraction of sp³-hybridized carbons (Fsp3) is 0.250. The Hall–Kier alpha value is -2.35. The van der Waals surface area contributed by atoms with Crippen molar-refractivity contribution in [3.05, 3.63) is 76.5 Å². The first kappa shape index (κ1) is 13.3. The molecule has 0 atom stereocenters. The molecule has 22 heavy (non-hydrogen) atoms. The number of hydrogen-bond acceptors (Lipinski definition) is 1. The van der Waals surface area contributed by atoms with E-state index in [0.29, 0.717) is 0 Å². The fourth-order valence-corrected chi connectivity index (χ4v) is 3.23. The molecular weight excluding hydrogens is 268 g/mol. The van der Waals surface area contributed by atoms with Crippen molar-refractivity contribution in [3.63, 3.8) is 0 Å². The van der Waals surface area contributed by atoms with Crippen LogP contribution in [0.15, 0.2) is 48.5 Å². The van der Waals surface area contributed by atoms with Crippen LogP contribution >= 0.6 is 0 Å². The number of rotatable bonds is 1. The van der Waals surface area contributed by atoms with Crippen LogP contribution in [0.3, 0.4) is 0 Å². The van der Waals surface area contributed by atoms with Crippen molar-refractivity contribution >= 4 is 0 Å². The Bertz CT molecular complexity index is 797. The van der Waals surface area contributed by atoms with Gasteiger partial charge in [0.15, 0.2) is 0 Å². The number of H-pyrrole nitrogens is 1. The lowest BCUT2D eigenvalue weighted by molar-refractivity contribution is 0.921. The summed E-state index contributed by atoms with van der Waals surface area (Å²) in [6.07, 6.45) is 4.31. The Labute approximate surface area is 131 Å². The summed E-state index contributed by atoms with van der Waals surface area (Å²) in [7, 11) is 0. The monoisotopic (exact) mass is 288 g/mol. The Kier molecular flexibility index (Phi) is 3.30. The molecule has 1 N–H and O–H groups in total. The normalized spacial score (nSPS) is 13.9. The van der Waals surface area contributed by atoms with Crippen molar-refractivity contribution in [3.8, 4) is 11.3 Å². The van der Waals surface area contributed by atoms with E-state index in [1.165, 1.54) is 27.8 Å². The summed E-state index contributed by atoms with van der Waals surface area (Å²) in [4.78, 5) is 0. The Morgan fingerprint density at radius 2 is 1.41 bits per heavy atom. The summed E-state index contributed by atoms with van der Waals surface area (Å²) in [6, 6.07) is 18.2. The highest BCUT2D eigenvalue weighted by atomic mass is 15.1. The molecule has 0 saturated heterocycles. The van der Waals surface area contributed by atoms with Gasteiger partial charge in [-0.05, 0) is 67.0 Å². The molecule has 4 aliphatic rings. The van der Waals surface area contributed by atoms with Gasteiger partial charge in [0.25, 0.3) is 0 Å². The zero-order valence-corrected chi connectivity index (χ0v) is 12.9. The van der Waals surface area contributed by atoms with E-state index < -0.39 is 0 Å². The van der Waals surface area contributed by atoms with Gasteiger partial charge in [0.1, 0.15) is 0 Å². The Morgan fingerprint density at radius 1 is 0.773 bits per heavy atom. The van der Waals surface area contributed by atoms with E-state index in [9.17, 15) is 0 Å². The first-order valence-electron chi connectivity index (χ1n) is 8.00. The highest BCUT2D eigenvalue weighted by Crippen LogP contribution is 2.27. The van der Waals surface area contributed by atoms with Crippen LogP contribution in [0.25, 0.3) is 11.3 Å². The van der Waals surface area contributed by atoms with Crippen molar-refractivity contribution in [1.82, 2.24) is 10.2 Å². The quantitative estimate of drug-likeness (QED) is 0.712. The minimum absolute atomic E-state index is 1.06. The number of aromatic amines is 1. The third kappa shape index (κ3) is 2.57. The molecule has 4 bridgehead atoms. The number of nitrogens with zero attached hydrogens (tertiary/aromatic N) is 1. The molecule has 0 spiro atoms. The average molecular weight is 288 g/mol. The van der Waals surface area contributed by atoms with Gasteiger partial charge in [-0.15, -0.1) is 0 Å². The second-order valence-corrected chi connectivity index (χ2v) is 6.24. The lowest BCUT2D eigenvalue weighted by Gasteiger charge is -2.13. The van der Waals surface area contributed by atoms with Gasteiger partial charge in [-0.25, -0.2) is 0 Å². The number of benzene rings is 2. The number of nitrogens with one attached hydrogen (secondary N) is 1. The van der Waals surface area contributed by atoms with Crippen LogP contribution in [0.2, 0.25) is 0 Å². The lowest BCUT2D eigenvalue weighted by Crippen LogP contribution is -2.00. The molecule has 0 amide bonds. The van der Waals surface area contributed by atoms with Crippen LogP contribution in [-0.2, 0) is 25.7 Å². The van der Waals surface area contributed by atoms with Gasteiger partial charge in [0, 0.05) is 11.3 Å². The number of aryl methyl sites for hydroxylation is 5. The first-order chi connectivity index (χ1) is 10.8. The van der Waals surface area contributed by atoms with Crippen LogP contribution in [0.5, 0.6) is 0 Å². The van der Waals surface area contributed by atoms with E-state index in [4.69, 9.17) is 0 Å². The topological polar surface area (TPSA) is 28.7 Å². The predicted molar refractivity (Wildman–Crippen MR) is 90.0 cm³/mol. The third-order valence-corrected chi connectivity index (χ3v) is 4.56. The van der Waals surface area contributed by atoms with Gasteiger partial charge >= 0.3 is 0 Å². The zero-order valence-electron chi connectivity index (χ0n) is 12.9. The van der Waals surface area contributed by atoms with E-state index in [1.54, 1.807) is 0 Å². The third-order valence-electron chi connectivity index (χ3n) is 4.56. The maximum atomic E-state index is 4.47. The first-order valence-corrected chi connectivity index (χ1v) is 8.00. The summed E-state index contributed by atoms with van der Waals surface area (Å²) in [5, 5.41) is 7.54. The molecule has 7 rings (SSSR count). The molecule has 3 aromatic rings. The number of hydrogen-bond donors (Lipinski definition) is 1. The summed E-state index contributed by atoms with van der Waals surface area (Å²) in [6.45, 7) is 2.05. The molecular formula is C20H20N2. The molecule has 0 unspecified atom stereocenters. The van der Waals surface area contributed by atoms with E-state index >= 15 is 0 Å².